The van der Waals surface area contributed by atoms with E-state index in [0.29, 0.717) is 6.54 Å². The first-order valence-corrected chi connectivity index (χ1v) is 5.33. The molecule has 0 radical (unpaired) electrons. The Morgan fingerprint density at radius 1 is 1.33 bits per heavy atom. The first-order valence-electron chi connectivity index (χ1n) is 5.33. The van der Waals surface area contributed by atoms with Crippen LogP contribution in [0.5, 0.6) is 17.2 Å². The number of phenols is 2. The number of hydrogen-bond donors (Lipinski definition) is 2. The summed E-state index contributed by atoms with van der Waals surface area (Å²) < 4.78 is 6.76. The smallest absolute Gasteiger partial charge is 0.312 e. The van der Waals surface area contributed by atoms with Gasteiger partial charge in [0.25, 0.3) is 0 Å². The third-order valence-electron chi connectivity index (χ3n) is 2.31. The molecular formula is C12H12N2O4. The first kappa shape index (κ1) is 12.0. The molecule has 18 heavy (non-hydrogen) atoms. The molecule has 0 aliphatic heterocycles. The van der Waals surface area contributed by atoms with Crippen molar-refractivity contribution >= 4 is 5.97 Å². The minimum atomic E-state index is -0.422. The molecule has 0 atom stereocenters. The number of phenolic OH excluding ortho intramolecular Hbond substituents is 2. The molecule has 0 unspecified atom stereocenters. The van der Waals surface area contributed by atoms with Gasteiger partial charge >= 0.3 is 5.97 Å². The van der Waals surface area contributed by atoms with E-state index in [2.05, 4.69) is 4.98 Å². The van der Waals surface area contributed by atoms with Crippen LogP contribution in [0.2, 0.25) is 0 Å². The molecule has 2 aromatic rings. The van der Waals surface area contributed by atoms with E-state index in [1.807, 2.05) is 0 Å². The van der Waals surface area contributed by atoms with Gasteiger partial charge in [0.15, 0.2) is 11.5 Å². The van der Waals surface area contributed by atoms with E-state index in [-0.39, 0.29) is 23.7 Å². The topological polar surface area (TPSA) is 84.6 Å². The highest BCUT2D eigenvalue weighted by Gasteiger charge is 2.07. The molecule has 0 fully saturated rings. The summed E-state index contributed by atoms with van der Waals surface area (Å²) in [4.78, 5) is 15.4. The summed E-state index contributed by atoms with van der Waals surface area (Å²) >= 11 is 0. The number of benzene rings is 1. The zero-order valence-electron chi connectivity index (χ0n) is 9.48. The van der Waals surface area contributed by atoms with Crippen molar-refractivity contribution < 1.29 is 19.7 Å². The molecule has 1 aromatic carbocycles. The average molecular weight is 248 g/mol. The number of imidazole rings is 1. The Bertz CT molecular complexity index is 537. The molecule has 0 bridgehead atoms. The highest BCUT2D eigenvalue weighted by Crippen LogP contribution is 2.28. The summed E-state index contributed by atoms with van der Waals surface area (Å²) in [5, 5.41) is 18.3. The summed E-state index contributed by atoms with van der Waals surface area (Å²) in [6, 6.07) is 3.85. The standard InChI is InChI=1S/C12H12N2O4/c15-10-2-1-9(7-11(10)16)18-12(17)3-5-14-6-4-13-8-14/h1-2,4,6-8,15-16H,3,5H2. The van der Waals surface area contributed by atoms with Crippen LogP contribution < -0.4 is 4.74 Å². The predicted molar refractivity (Wildman–Crippen MR) is 62.3 cm³/mol. The van der Waals surface area contributed by atoms with Gasteiger partial charge in [-0.15, -0.1) is 0 Å². The van der Waals surface area contributed by atoms with Crippen LogP contribution in [0.15, 0.2) is 36.9 Å². The number of aromatic nitrogens is 2. The van der Waals surface area contributed by atoms with Crippen molar-refractivity contribution in [2.24, 2.45) is 0 Å². The fraction of sp³-hybridized carbons (Fsp3) is 0.167. The fourth-order valence-electron chi connectivity index (χ4n) is 1.39. The summed E-state index contributed by atoms with van der Waals surface area (Å²) in [6.45, 7) is 0.475. The van der Waals surface area contributed by atoms with E-state index in [1.165, 1.54) is 18.2 Å². The van der Waals surface area contributed by atoms with Crippen molar-refractivity contribution in [2.75, 3.05) is 0 Å². The van der Waals surface area contributed by atoms with Crippen molar-refractivity contribution in [3.05, 3.63) is 36.9 Å². The summed E-state index contributed by atoms with van der Waals surface area (Å²) in [6.07, 6.45) is 5.18. The lowest BCUT2D eigenvalue weighted by molar-refractivity contribution is -0.134. The molecule has 0 saturated heterocycles. The lowest BCUT2D eigenvalue weighted by atomic mass is 10.3. The van der Waals surface area contributed by atoms with E-state index in [1.54, 1.807) is 23.3 Å². The average Bonchev–Trinajstić information content (AvgIpc) is 2.84. The molecule has 0 saturated carbocycles. The van der Waals surface area contributed by atoms with Gasteiger partial charge in [0.2, 0.25) is 0 Å². The number of carbonyl (C=O) groups excluding carboxylic acids is 1. The minimum Gasteiger partial charge on any atom is -0.504 e. The number of aryl methyl sites for hydroxylation is 1. The number of ether oxygens (including phenoxy) is 1. The van der Waals surface area contributed by atoms with Crippen molar-refractivity contribution in [1.82, 2.24) is 9.55 Å². The normalized spacial score (nSPS) is 10.2. The lowest BCUT2D eigenvalue weighted by Gasteiger charge is -2.05. The minimum absolute atomic E-state index is 0.192. The van der Waals surface area contributed by atoms with Crippen molar-refractivity contribution in [1.29, 1.82) is 0 Å². The highest BCUT2D eigenvalue weighted by molar-refractivity contribution is 5.72. The second kappa shape index (κ2) is 5.22. The number of hydrogen-bond acceptors (Lipinski definition) is 5. The van der Waals surface area contributed by atoms with Crippen molar-refractivity contribution in [3.63, 3.8) is 0 Å². The molecule has 0 aliphatic rings. The van der Waals surface area contributed by atoms with Crippen LogP contribution in [0, 0.1) is 0 Å². The van der Waals surface area contributed by atoms with E-state index in [9.17, 15) is 9.90 Å². The van der Waals surface area contributed by atoms with Crippen LogP contribution in [0.4, 0.5) is 0 Å². The van der Waals surface area contributed by atoms with Gasteiger partial charge in [-0.25, -0.2) is 4.98 Å². The molecular weight excluding hydrogens is 236 g/mol. The molecule has 2 rings (SSSR count). The van der Waals surface area contributed by atoms with Crippen molar-refractivity contribution in [3.8, 4) is 17.2 Å². The molecule has 0 aliphatic carbocycles. The molecule has 1 heterocycles. The summed E-state index contributed by atoms with van der Waals surface area (Å²) in [7, 11) is 0. The molecule has 0 amide bonds. The maximum atomic E-state index is 11.5. The Morgan fingerprint density at radius 3 is 2.83 bits per heavy atom. The predicted octanol–water partition coefficient (Wildman–Crippen LogP) is 1.29. The SMILES string of the molecule is O=C(CCn1ccnc1)Oc1ccc(O)c(O)c1. The highest BCUT2D eigenvalue weighted by atomic mass is 16.5. The number of aromatic hydroxyl groups is 2. The van der Waals surface area contributed by atoms with Crippen LogP contribution in [0.3, 0.4) is 0 Å². The Hall–Kier alpha value is -2.50. The maximum Gasteiger partial charge on any atom is 0.312 e. The third kappa shape index (κ3) is 3.00. The fourth-order valence-corrected chi connectivity index (χ4v) is 1.39. The van der Waals surface area contributed by atoms with Gasteiger partial charge in [-0.1, -0.05) is 0 Å². The van der Waals surface area contributed by atoms with Gasteiger partial charge in [0, 0.05) is 25.0 Å². The quantitative estimate of drug-likeness (QED) is 0.484. The number of nitrogens with zero attached hydrogens (tertiary/aromatic N) is 2. The zero-order valence-corrected chi connectivity index (χ0v) is 9.48. The van der Waals surface area contributed by atoms with Crippen LogP contribution in [-0.2, 0) is 11.3 Å². The van der Waals surface area contributed by atoms with Crippen LogP contribution in [0.25, 0.3) is 0 Å². The molecule has 1 aromatic heterocycles. The van der Waals surface area contributed by atoms with E-state index in [0.717, 1.165) is 0 Å². The maximum absolute atomic E-state index is 11.5. The van der Waals surface area contributed by atoms with Gasteiger partial charge < -0.3 is 19.5 Å². The number of carbonyl (C=O) groups is 1. The van der Waals surface area contributed by atoms with Crippen LogP contribution in [0.1, 0.15) is 6.42 Å². The largest absolute Gasteiger partial charge is 0.504 e. The number of esters is 1. The molecule has 6 heteroatoms. The van der Waals surface area contributed by atoms with Crippen LogP contribution >= 0.6 is 0 Å². The molecule has 0 spiro atoms. The van der Waals surface area contributed by atoms with Gasteiger partial charge in [0.05, 0.1) is 12.7 Å². The zero-order chi connectivity index (χ0) is 13.0. The summed E-state index contributed by atoms with van der Waals surface area (Å²) in [5.41, 5.74) is 0. The Labute approximate surface area is 103 Å². The monoisotopic (exact) mass is 248 g/mol. The van der Waals surface area contributed by atoms with Gasteiger partial charge in [0.1, 0.15) is 5.75 Å². The van der Waals surface area contributed by atoms with E-state index < -0.39 is 5.97 Å². The Balaban J connectivity index is 1.88. The number of rotatable bonds is 4. The first-order chi connectivity index (χ1) is 8.65. The second-order valence-corrected chi connectivity index (χ2v) is 3.68. The summed E-state index contributed by atoms with van der Waals surface area (Å²) in [5.74, 6) is -0.808. The van der Waals surface area contributed by atoms with Gasteiger partial charge in [-0.05, 0) is 12.1 Å². The second-order valence-electron chi connectivity index (χ2n) is 3.68. The molecule has 2 N–H and O–H groups in total. The molecule has 6 nitrogen and oxygen atoms in total. The van der Waals surface area contributed by atoms with Crippen LogP contribution in [-0.4, -0.2) is 25.7 Å². The lowest BCUT2D eigenvalue weighted by Crippen LogP contribution is -2.11. The van der Waals surface area contributed by atoms with Gasteiger partial charge in [-0.3, -0.25) is 4.79 Å². The van der Waals surface area contributed by atoms with Gasteiger partial charge in [-0.2, -0.15) is 0 Å². The third-order valence-corrected chi connectivity index (χ3v) is 2.31. The van der Waals surface area contributed by atoms with E-state index >= 15 is 0 Å². The van der Waals surface area contributed by atoms with E-state index in [4.69, 9.17) is 9.84 Å². The van der Waals surface area contributed by atoms with Crippen molar-refractivity contribution in [2.45, 2.75) is 13.0 Å². The Morgan fingerprint density at radius 2 is 2.17 bits per heavy atom. The Kier molecular flexibility index (Phi) is 3.47. The molecule has 94 valence electrons.